The van der Waals surface area contributed by atoms with Gasteiger partial charge in [0, 0.05) is 24.3 Å². The second-order valence-corrected chi connectivity index (χ2v) is 4.47. The molecule has 0 spiro atoms. The van der Waals surface area contributed by atoms with Crippen molar-refractivity contribution < 1.29 is 9.90 Å². The number of aromatic nitrogens is 1. The van der Waals surface area contributed by atoms with Crippen LogP contribution >= 0.6 is 11.6 Å². The highest BCUT2D eigenvalue weighted by atomic mass is 35.5. The fraction of sp³-hybridized carbons (Fsp3) is 0.143. The van der Waals surface area contributed by atoms with Crippen molar-refractivity contribution in [3.63, 3.8) is 0 Å². The molecule has 0 atom stereocenters. The van der Waals surface area contributed by atoms with Crippen LogP contribution in [0.4, 0.5) is 0 Å². The second-order valence-electron chi connectivity index (χ2n) is 4.04. The molecule has 0 unspecified atom stereocenters. The first-order chi connectivity index (χ1) is 9.16. The highest BCUT2D eigenvalue weighted by Gasteiger charge is 2.09. The predicted molar refractivity (Wildman–Crippen MR) is 73.2 cm³/mol. The highest BCUT2D eigenvalue weighted by molar-refractivity contribution is 6.30. The number of aromatic carboxylic acids is 1. The molecular weight excluding hydrogens is 264 g/mol. The Bertz CT molecular complexity index is 587. The average molecular weight is 277 g/mol. The van der Waals surface area contributed by atoms with Crippen molar-refractivity contribution in [1.29, 1.82) is 0 Å². The molecule has 0 amide bonds. The Morgan fingerprint density at radius 1 is 1.26 bits per heavy atom. The Labute approximate surface area is 116 Å². The molecule has 0 aliphatic heterocycles. The molecule has 1 aromatic carbocycles. The number of hydrogen-bond acceptors (Lipinski definition) is 3. The summed E-state index contributed by atoms with van der Waals surface area (Å²) in [7, 11) is 0. The number of rotatable bonds is 5. The van der Waals surface area contributed by atoms with Crippen LogP contribution < -0.4 is 5.32 Å². The van der Waals surface area contributed by atoms with Crippen LogP contribution in [-0.2, 0) is 13.1 Å². The summed E-state index contributed by atoms with van der Waals surface area (Å²) in [6.07, 6.45) is 1.59. The highest BCUT2D eigenvalue weighted by Crippen LogP contribution is 2.11. The standard InChI is InChI=1S/C14H13ClN2O2/c15-11-4-1-3-10(7-11)8-16-9-13-12(14(18)19)5-2-6-17-13/h1-7,16H,8-9H2,(H,18,19). The third kappa shape index (κ3) is 3.77. The van der Waals surface area contributed by atoms with E-state index in [1.54, 1.807) is 18.3 Å². The van der Waals surface area contributed by atoms with Crippen LogP contribution in [0.5, 0.6) is 0 Å². The van der Waals surface area contributed by atoms with E-state index in [0.717, 1.165) is 5.56 Å². The number of halogens is 1. The molecule has 4 nitrogen and oxygen atoms in total. The summed E-state index contributed by atoms with van der Waals surface area (Å²) >= 11 is 5.89. The fourth-order valence-electron chi connectivity index (χ4n) is 1.75. The quantitative estimate of drug-likeness (QED) is 0.881. The van der Waals surface area contributed by atoms with Gasteiger partial charge in [-0.05, 0) is 29.8 Å². The lowest BCUT2D eigenvalue weighted by molar-refractivity contribution is 0.0695. The third-order valence-electron chi connectivity index (χ3n) is 2.63. The Morgan fingerprint density at radius 3 is 2.84 bits per heavy atom. The monoisotopic (exact) mass is 276 g/mol. The van der Waals surface area contributed by atoms with Gasteiger partial charge in [0.05, 0.1) is 11.3 Å². The van der Waals surface area contributed by atoms with Crippen molar-refractivity contribution in [1.82, 2.24) is 10.3 Å². The maximum atomic E-state index is 11.0. The van der Waals surface area contributed by atoms with Gasteiger partial charge in [-0.15, -0.1) is 0 Å². The summed E-state index contributed by atoms with van der Waals surface area (Å²) in [5.41, 5.74) is 1.79. The van der Waals surface area contributed by atoms with Gasteiger partial charge in [-0.1, -0.05) is 23.7 Å². The van der Waals surface area contributed by atoms with E-state index < -0.39 is 5.97 Å². The number of hydrogen-bond donors (Lipinski definition) is 2. The van der Waals surface area contributed by atoms with E-state index in [-0.39, 0.29) is 5.56 Å². The summed E-state index contributed by atoms with van der Waals surface area (Å²) in [6, 6.07) is 10.7. The largest absolute Gasteiger partial charge is 0.478 e. The summed E-state index contributed by atoms with van der Waals surface area (Å²) in [6.45, 7) is 1.01. The minimum absolute atomic E-state index is 0.223. The van der Waals surface area contributed by atoms with Gasteiger partial charge < -0.3 is 10.4 Å². The first kappa shape index (κ1) is 13.5. The van der Waals surface area contributed by atoms with Crippen LogP contribution in [0.1, 0.15) is 21.6 Å². The molecule has 0 saturated heterocycles. The minimum atomic E-state index is -0.965. The van der Waals surface area contributed by atoms with E-state index in [2.05, 4.69) is 10.3 Å². The Balaban J connectivity index is 1.98. The summed E-state index contributed by atoms with van der Waals surface area (Å²) in [5, 5.41) is 12.9. The number of carbonyl (C=O) groups is 1. The topological polar surface area (TPSA) is 62.2 Å². The molecule has 2 aromatic rings. The van der Waals surface area contributed by atoms with Crippen molar-refractivity contribution in [2.24, 2.45) is 0 Å². The number of carboxylic acids is 1. The Morgan fingerprint density at radius 2 is 2.11 bits per heavy atom. The zero-order chi connectivity index (χ0) is 13.7. The Hall–Kier alpha value is -1.91. The van der Waals surface area contributed by atoms with E-state index >= 15 is 0 Å². The first-order valence-electron chi connectivity index (χ1n) is 5.79. The van der Waals surface area contributed by atoms with Crippen LogP contribution in [-0.4, -0.2) is 16.1 Å². The summed E-state index contributed by atoms with van der Waals surface area (Å²) in [5.74, 6) is -0.965. The molecule has 1 heterocycles. The van der Waals surface area contributed by atoms with Crippen molar-refractivity contribution >= 4 is 17.6 Å². The van der Waals surface area contributed by atoms with Gasteiger partial charge in [0.2, 0.25) is 0 Å². The van der Waals surface area contributed by atoms with Crippen molar-refractivity contribution in [2.75, 3.05) is 0 Å². The van der Waals surface area contributed by atoms with Gasteiger partial charge in [-0.2, -0.15) is 0 Å². The van der Waals surface area contributed by atoms with Gasteiger partial charge in [0.1, 0.15) is 0 Å². The molecule has 0 aliphatic carbocycles. The lowest BCUT2D eigenvalue weighted by Gasteiger charge is -2.07. The molecular formula is C14H13ClN2O2. The lowest BCUT2D eigenvalue weighted by Crippen LogP contribution is -2.16. The van der Waals surface area contributed by atoms with Crippen molar-refractivity contribution in [3.05, 3.63) is 64.4 Å². The molecule has 0 saturated carbocycles. The zero-order valence-corrected chi connectivity index (χ0v) is 10.9. The number of carboxylic acid groups (broad SMARTS) is 1. The van der Waals surface area contributed by atoms with Crippen LogP contribution in [0.15, 0.2) is 42.6 Å². The zero-order valence-electron chi connectivity index (χ0n) is 10.1. The van der Waals surface area contributed by atoms with E-state index in [1.165, 1.54) is 0 Å². The van der Waals surface area contributed by atoms with Crippen LogP contribution in [0, 0.1) is 0 Å². The number of nitrogens with one attached hydrogen (secondary N) is 1. The molecule has 98 valence electrons. The molecule has 19 heavy (non-hydrogen) atoms. The number of nitrogens with zero attached hydrogens (tertiary/aromatic N) is 1. The molecule has 5 heteroatoms. The van der Waals surface area contributed by atoms with Crippen LogP contribution in [0.3, 0.4) is 0 Å². The molecule has 2 N–H and O–H groups in total. The maximum absolute atomic E-state index is 11.0. The molecule has 0 aliphatic rings. The predicted octanol–water partition coefficient (Wildman–Crippen LogP) is 2.72. The summed E-state index contributed by atoms with van der Waals surface area (Å²) in [4.78, 5) is 15.1. The van der Waals surface area contributed by atoms with Gasteiger partial charge in [-0.3, -0.25) is 4.98 Å². The maximum Gasteiger partial charge on any atom is 0.337 e. The molecule has 1 aromatic heterocycles. The van der Waals surface area contributed by atoms with Gasteiger partial charge in [0.25, 0.3) is 0 Å². The van der Waals surface area contributed by atoms with E-state index in [4.69, 9.17) is 16.7 Å². The molecule has 0 bridgehead atoms. The molecule has 0 radical (unpaired) electrons. The smallest absolute Gasteiger partial charge is 0.337 e. The van der Waals surface area contributed by atoms with Crippen LogP contribution in [0.2, 0.25) is 5.02 Å². The van der Waals surface area contributed by atoms with Gasteiger partial charge >= 0.3 is 5.97 Å². The Kier molecular flexibility index (Phi) is 4.49. The van der Waals surface area contributed by atoms with Crippen molar-refractivity contribution in [2.45, 2.75) is 13.1 Å². The summed E-state index contributed by atoms with van der Waals surface area (Å²) < 4.78 is 0. The lowest BCUT2D eigenvalue weighted by atomic mass is 10.2. The normalized spacial score (nSPS) is 10.4. The number of benzene rings is 1. The van der Waals surface area contributed by atoms with E-state index in [1.807, 2.05) is 24.3 Å². The minimum Gasteiger partial charge on any atom is -0.478 e. The second kappa shape index (κ2) is 6.31. The van der Waals surface area contributed by atoms with Crippen LogP contribution in [0.25, 0.3) is 0 Å². The van der Waals surface area contributed by atoms with Crippen molar-refractivity contribution in [3.8, 4) is 0 Å². The third-order valence-corrected chi connectivity index (χ3v) is 2.87. The van der Waals surface area contributed by atoms with E-state index in [9.17, 15) is 4.79 Å². The molecule has 0 fully saturated rings. The van der Waals surface area contributed by atoms with E-state index in [0.29, 0.717) is 23.8 Å². The first-order valence-corrected chi connectivity index (χ1v) is 6.17. The number of pyridine rings is 1. The van der Waals surface area contributed by atoms with Gasteiger partial charge in [0.15, 0.2) is 0 Å². The average Bonchev–Trinajstić information content (AvgIpc) is 2.39. The molecule has 2 rings (SSSR count). The van der Waals surface area contributed by atoms with Gasteiger partial charge in [-0.25, -0.2) is 4.79 Å². The fourth-order valence-corrected chi connectivity index (χ4v) is 1.96. The SMILES string of the molecule is O=C(O)c1cccnc1CNCc1cccc(Cl)c1.